The van der Waals surface area contributed by atoms with Crippen LogP contribution >= 0.6 is 43.2 Å². The summed E-state index contributed by atoms with van der Waals surface area (Å²) in [5, 5.41) is 0. The van der Waals surface area contributed by atoms with Crippen molar-refractivity contribution < 1.29 is 18.7 Å². The van der Waals surface area contributed by atoms with E-state index in [1.54, 1.807) is 6.07 Å². The minimum Gasteiger partial charge on any atom is -0.482 e. The average Bonchev–Trinajstić information content (AvgIpc) is 2.76. The quantitative estimate of drug-likeness (QED) is 0.527. The third-order valence-corrected chi connectivity index (χ3v) is 4.75. The first-order valence-electron chi connectivity index (χ1n) is 5.37. The standard InChI is InChI=1S/C13H7Br2FO3S/c14-12-4-8(13(15)20-12)10(18)6-19-11-2-1-7(5-17)3-9(11)16/h1-5H,6H2. The summed E-state index contributed by atoms with van der Waals surface area (Å²) in [6.45, 7) is -0.279. The van der Waals surface area contributed by atoms with Crippen LogP contribution in [0.3, 0.4) is 0 Å². The summed E-state index contributed by atoms with van der Waals surface area (Å²) in [7, 11) is 0. The van der Waals surface area contributed by atoms with E-state index in [4.69, 9.17) is 4.74 Å². The molecule has 3 nitrogen and oxygen atoms in total. The van der Waals surface area contributed by atoms with Gasteiger partial charge in [0.2, 0.25) is 5.78 Å². The second-order valence-corrected chi connectivity index (χ2v) is 7.51. The van der Waals surface area contributed by atoms with Crippen molar-refractivity contribution in [2.75, 3.05) is 6.61 Å². The van der Waals surface area contributed by atoms with Gasteiger partial charge in [-0.25, -0.2) is 4.39 Å². The number of ether oxygens (including phenoxy) is 1. The summed E-state index contributed by atoms with van der Waals surface area (Å²) in [6, 6.07) is 5.48. The van der Waals surface area contributed by atoms with Gasteiger partial charge >= 0.3 is 0 Å². The van der Waals surface area contributed by atoms with E-state index in [0.29, 0.717) is 15.6 Å². The number of rotatable bonds is 5. The number of ketones is 1. The molecule has 0 saturated heterocycles. The largest absolute Gasteiger partial charge is 0.482 e. The van der Waals surface area contributed by atoms with E-state index in [1.807, 2.05) is 0 Å². The van der Waals surface area contributed by atoms with Gasteiger partial charge in [-0.3, -0.25) is 9.59 Å². The Morgan fingerprint density at radius 1 is 1.35 bits per heavy atom. The molecule has 1 aromatic heterocycles. The van der Waals surface area contributed by atoms with Crippen LogP contribution in [0.25, 0.3) is 0 Å². The Morgan fingerprint density at radius 2 is 2.10 bits per heavy atom. The van der Waals surface area contributed by atoms with Gasteiger partial charge in [0, 0.05) is 11.1 Å². The van der Waals surface area contributed by atoms with E-state index in [-0.39, 0.29) is 23.7 Å². The molecule has 7 heteroatoms. The third kappa shape index (κ3) is 3.53. The van der Waals surface area contributed by atoms with Crippen molar-refractivity contribution in [1.29, 1.82) is 0 Å². The van der Waals surface area contributed by atoms with Crippen LogP contribution in [0.1, 0.15) is 20.7 Å². The highest BCUT2D eigenvalue weighted by Crippen LogP contribution is 2.32. The van der Waals surface area contributed by atoms with Crippen LogP contribution in [-0.4, -0.2) is 18.7 Å². The molecule has 0 fully saturated rings. The highest BCUT2D eigenvalue weighted by molar-refractivity contribution is 9.12. The Labute approximate surface area is 135 Å². The molecule has 0 unspecified atom stereocenters. The number of carbonyl (C=O) groups excluding carboxylic acids is 2. The molecule has 0 saturated carbocycles. The molecule has 0 aliphatic carbocycles. The molecule has 2 aromatic rings. The van der Waals surface area contributed by atoms with Gasteiger partial charge in [-0.1, -0.05) is 0 Å². The number of carbonyl (C=O) groups is 2. The number of halogens is 3. The van der Waals surface area contributed by atoms with Crippen LogP contribution in [-0.2, 0) is 0 Å². The number of hydrogen-bond donors (Lipinski definition) is 0. The summed E-state index contributed by atoms with van der Waals surface area (Å²) in [5.41, 5.74) is 0.692. The maximum absolute atomic E-state index is 13.6. The lowest BCUT2D eigenvalue weighted by Gasteiger charge is -2.06. The fraction of sp³-hybridized carbons (Fsp3) is 0.0769. The molecule has 20 heavy (non-hydrogen) atoms. The van der Waals surface area contributed by atoms with Gasteiger partial charge in [0.15, 0.2) is 18.2 Å². The highest BCUT2D eigenvalue weighted by Gasteiger charge is 2.15. The van der Waals surface area contributed by atoms with Gasteiger partial charge < -0.3 is 4.74 Å². The molecule has 0 bridgehead atoms. The van der Waals surface area contributed by atoms with Crippen molar-refractivity contribution in [3.05, 3.63) is 48.8 Å². The minimum atomic E-state index is -0.673. The Morgan fingerprint density at radius 3 is 2.65 bits per heavy atom. The van der Waals surface area contributed by atoms with Crippen LogP contribution in [0.4, 0.5) is 4.39 Å². The molecule has 0 aliphatic heterocycles. The number of Topliss-reactive ketones (excluding diaryl/α,β-unsaturated/α-hetero) is 1. The van der Waals surface area contributed by atoms with E-state index in [9.17, 15) is 14.0 Å². The molecule has 0 aliphatic rings. The molecule has 1 aromatic carbocycles. The fourth-order valence-electron chi connectivity index (χ4n) is 1.46. The SMILES string of the molecule is O=Cc1ccc(OCC(=O)c2cc(Br)sc2Br)c(F)c1. The molecular formula is C13H7Br2FO3S. The molecule has 104 valence electrons. The monoisotopic (exact) mass is 420 g/mol. The number of thiophene rings is 1. The second-order valence-electron chi connectivity index (χ2n) is 3.76. The van der Waals surface area contributed by atoms with Crippen molar-refractivity contribution in [2.45, 2.75) is 0 Å². The van der Waals surface area contributed by atoms with Crippen molar-refractivity contribution >= 4 is 55.3 Å². The molecule has 2 rings (SSSR count). The van der Waals surface area contributed by atoms with Crippen LogP contribution in [0, 0.1) is 5.82 Å². The third-order valence-electron chi connectivity index (χ3n) is 2.41. The smallest absolute Gasteiger partial charge is 0.202 e. The lowest BCUT2D eigenvalue weighted by molar-refractivity contribution is 0.0918. The Bertz CT molecular complexity index is 670. The summed E-state index contributed by atoms with van der Waals surface area (Å²) >= 11 is 7.93. The van der Waals surface area contributed by atoms with E-state index in [0.717, 1.165) is 9.85 Å². The summed E-state index contributed by atoms with van der Waals surface area (Å²) in [4.78, 5) is 22.4. The van der Waals surface area contributed by atoms with Gasteiger partial charge in [0.1, 0.15) is 6.29 Å². The van der Waals surface area contributed by atoms with Crippen molar-refractivity contribution in [2.24, 2.45) is 0 Å². The average molecular weight is 422 g/mol. The number of aldehydes is 1. The summed E-state index contributed by atoms with van der Waals surface area (Å²) in [6.07, 6.45) is 0.540. The summed E-state index contributed by atoms with van der Waals surface area (Å²) < 4.78 is 20.2. The molecule has 1 heterocycles. The Balaban J connectivity index is 2.07. The first kappa shape index (κ1) is 15.3. The van der Waals surface area contributed by atoms with Crippen LogP contribution in [0.15, 0.2) is 31.8 Å². The molecule has 0 amide bonds. The lowest BCUT2D eigenvalue weighted by Crippen LogP contribution is -2.12. The fourth-order valence-corrected chi connectivity index (χ4v) is 4.31. The maximum Gasteiger partial charge on any atom is 0.202 e. The van der Waals surface area contributed by atoms with Gasteiger partial charge in [0.05, 0.1) is 7.57 Å². The van der Waals surface area contributed by atoms with E-state index >= 15 is 0 Å². The number of hydrogen-bond acceptors (Lipinski definition) is 4. The molecule has 0 N–H and O–H groups in total. The topological polar surface area (TPSA) is 43.4 Å². The summed E-state index contributed by atoms with van der Waals surface area (Å²) in [5.74, 6) is -1.000. The molecular weight excluding hydrogens is 415 g/mol. The van der Waals surface area contributed by atoms with E-state index in [1.165, 1.54) is 23.5 Å². The van der Waals surface area contributed by atoms with E-state index < -0.39 is 5.82 Å². The van der Waals surface area contributed by atoms with Gasteiger partial charge in [-0.05, 0) is 56.1 Å². The molecule has 0 spiro atoms. The molecule has 0 radical (unpaired) electrons. The zero-order valence-corrected chi connectivity index (χ0v) is 13.8. The zero-order valence-electron chi connectivity index (χ0n) is 9.86. The first-order valence-corrected chi connectivity index (χ1v) is 7.77. The van der Waals surface area contributed by atoms with Gasteiger partial charge in [-0.15, -0.1) is 11.3 Å². The predicted molar refractivity (Wildman–Crippen MR) is 81.3 cm³/mol. The van der Waals surface area contributed by atoms with Gasteiger partial charge in [-0.2, -0.15) is 0 Å². The van der Waals surface area contributed by atoms with Crippen LogP contribution in [0.5, 0.6) is 5.75 Å². The lowest BCUT2D eigenvalue weighted by atomic mass is 10.2. The number of benzene rings is 1. The highest BCUT2D eigenvalue weighted by atomic mass is 79.9. The maximum atomic E-state index is 13.6. The van der Waals surface area contributed by atoms with E-state index in [2.05, 4.69) is 31.9 Å². The van der Waals surface area contributed by atoms with Gasteiger partial charge in [0.25, 0.3) is 0 Å². The minimum absolute atomic E-state index is 0.0608. The first-order chi connectivity index (χ1) is 9.51. The predicted octanol–water partition coefficient (Wildman–Crippen LogP) is 4.49. The van der Waals surface area contributed by atoms with Crippen molar-refractivity contribution in [1.82, 2.24) is 0 Å². The Kier molecular flexibility index (Phi) is 5.06. The Hall–Kier alpha value is -1.05. The van der Waals surface area contributed by atoms with Crippen LogP contribution in [0.2, 0.25) is 0 Å². The second kappa shape index (κ2) is 6.60. The zero-order chi connectivity index (χ0) is 14.7. The van der Waals surface area contributed by atoms with Crippen molar-refractivity contribution in [3.63, 3.8) is 0 Å². The van der Waals surface area contributed by atoms with Crippen molar-refractivity contribution in [3.8, 4) is 5.75 Å². The normalized spacial score (nSPS) is 10.3. The molecule has 0 atom stereocenters. The van der Waals surface area contributed by atoms with Crippen LogP contribution < -0.4 is 4.74 Å².